The number of halogens is 4. The molecule has 186 valence electrons. The number of ether oxygens (including phenoxy) is 1. The maximum absolute atomic E-state index is 14.8. The molecular weight excluding hydrogens is 482 g/mol. The minimum atomic E-state index is -4.85. The van der Waals surface area contributed by atoms with Crippen molar-refractivity contribution >= 4 is 22.7 Å². The van der Waals surface area contributed by atoms with Gasteiger partial charge in [0.15, 0.2) is 0 Å². The molecule has 0 aliphatic heterocycles. The molecule has 0 atom stereocenters. The lowest BCUT2D eigenvalue weighted by Crippen LogP contribution is -2.21. The van der Waals surface area contributed by atoms with E-state index in [0.717, 1.165) is 12.1 Å². The van der Waals surface area contributed by atoms with E-state index >= 15 is 0 Å². The van der Waals surface area contributed by atoms with Crippen molar-refractivity contribution in [2.24, 2.45) is 11.5 Å². The minimum Gasteiger partial charge on any atom is -0.406 e. The molecule has 0 unspecified atom stereocenters. The molecule has 2 heterocycles. The molecule has 8 nitrogen and oxygen atoms in total. The van der Waals surface area contributed by atoms with E-state index in [0.29, 0.717) is 17.0 Å². The first-order valence-electron chi connectivity index (χ1n) is 10.5. The highest BCUT2D eigenvalue weighted by atomic mass is 19.4. The molecule has 2 aromatic carbocycles. The van der Waals surface area contributed by atoms with Crippen molar-refractivity contribution in [3.63, 3.8) is 0 Å². The predicted octanol–water partition coefficient (Wildman–Crippen LogP) is 4.00. The quantitative estimate of drug-likeness (QED) is 0.386. The van der Waals surface area contributed by atoms with Crippen molar-refractivity contribution in [3.8, 4) is 16.9 Å². The monoisotopic (exact) mass is 501 g/mol. The van der Waals surface area contributed by atoms with Gasteiger partial charge in [-0.05, 0) is 43.7 Å². The number of hydrogen-bond donors (Lipinski definition) is 2. The molecule has 0 saturated carbocycles. The standard InChI is InChI=1S/C24H19F4N5O3/c1-11-17(12(2)33(32-11)10-13-5-3-6-14(9-13)36-24(26,27)28)19-20(22(29)34)18-15(25)7-4-8-16(18)31-21(19)23(30)35/h3-9H,10H2,1-2H3,(H2,29,34)(H2,30,35). The fourth-order valence-electron chi connectivity index (χ4n) is 4.17. The Morgan fingerprint density at radius 1 is 1.03 bits per heavy atom. The third-order valence-electron chi connectivity index (χ3n) is 5.54. The number of hydrogen-bond acceptors (Lipinski definition) is 5. The van der Waals surface area contributed by atoms with Gasteiger partial charge in [-0.25, -0.2) is 9.37 Å². The van der Waals surface area contributed by atoms with E-state index in [9.17, 15) is 27.2 Å². The summed E-state index contributed by atoms with van der Waals surface area (Å²) in [6.45, 7) is 3.23. The Morgan fingerprint density at radius 3 is 2.36 bits per heavy atom. The summed E-state index contributed by atoms with van der Waals surface area (Å²) in [6, 6.07) is 9.26. The first-order valence-corrected chi connectivity index (χ1v) is 10.5. The van der Waals surface area contributed by atoms with Crippen LogP contribution in [0.15, 0.2) is 42.5 Å². The highest BCUT2D eigenvalue weighted by Gasteiger charge is 2.31. The summed E-state index contributed by atoms with van der Waals surface area (Å²) in [5, 5.41) is 4.24. The highest BCUT2D eigenvalue weighted by molar-refractivity contribution is 6.15. The number of benzene rings is 2. The number of nitrogens with two attached hydrogens (primary N) is 2. The number of pyridine rings is 1. The Hall–Kier alpha value is -4.48. The number of fused-ring (bicyclic) bond motifs is 1. The molecule has 36 heavy (non-hydrogen) atoms. The number of rotatable bonds is 6. The van der Waals surface area contributed by atoms with E-state index in [1.165, 1.54) is 28.9 Å². The summed E-state index contributed by atoms with van der Waals surface area (Å²) in [5.41, 5.74) is 12.0. The Kier molecular flexibility index (Phi) is 6.12. The molecule has 0 saturated heterocycles. The van der Waals surface area contributed by atoms with Gasteiger partial charge in [0.25, 0.3) is 5.91 Å². The zero-order valence-corrected chi connectivity index (χ0v) is 19.0. The largest absolute Gasteiger partial charge is 0.573 e. The van der Waals surface area contributed by atoms with Gasteiger partial charge in [-0.3, -0.25) is 14.3 Å². The van der Waals surface area contributed by atoms with Gasteiger partial charge in [-0.2, -0.15) is 5.10 Å². The van der Waals surface area contributed by atoms with Crippen LogP contribution >= 0.6 is 0 Å². The predicted molar refractivity (Wildman–Crippen MR) is 122 cm³/mol. The molecule has 12 heteroatoms. The lowest BCUT2D eigenvalue weighted by atomic mass is 9.92. The Balaban J connectivity index is 1.91. The van der Waals surface area contributed by atoms with Crippen LogP contribution in [0.3, 0.4) is 0 Å². The summed E-state index contributed by atoms with van der Waals surface area (Å²) in [4.78, 5) is 29.1. The van der Waals surface area contributed by atoms with Crippen molar-refractivity contribution in [3.05, 3.63) is 76.5 Å². The Morgan fingerprint density at radius 2 is 1.72 bits per heavy atom. The maximum Gasteiger partial charge on any atom is 0.573 e. The number of alkyl halides is 3. The average molecular weight is 501 g/mol. The van der Waals surface area contributed by atoms with Gasteiger partial charge < -0.3 is 16.2 Å². The van der Waals surface area contributed by atoms with Crippen molar-refractivity contribution in [1.82, 2.24) is 14.8 Å². The van der Waals surface area contributed by atoms with Crippen LogP contribution in [0.4, 0.5) is 17.6 Å². The molecule has 2 amide bonds. The summed E-state index contributed by atoms with van der Waals surface area (Å²) < 4.78 is 58.1. The molecule has 0 radical (unpaired) electrons. The van der Waals surface area contributed by atoms with E-state index in [1.54, 1.807) is 19.9 Å². The topological polar surface area (TPSA) is 126 Å². The average Bonchev–Trinajstić information content (AvgIpc) is 3.04. The number of nitrogens with zero attached hydrogens (tertiary/aromatic N) is 3. The lowest BCUT2D eigenvalue weighted by Gasteiger charge is -2.15. The summed E-state index contributed by atoms with van der Waals surface area (Å²) in [7, 11) is 0. The zero-order chi connectivity index (χ0) is 26.4. The van der Waals surface area contributed by atoms with Crippen molar-refractivity contribution < 1.29 is 31.9 Å². The second-order valence-corrected chi connectivity index (χ2v) is 7.97. The molecular formula is C24H19F4N5O3. The molecule has 0 bridgehead atoms. The summed E-state index contributed by atoms with van der Waals surface area (Å²) >= 11 is 0. The van der Waals surface area contributed by atoms with Crippen LogP contribution in [0.25, 0.3) is 22.0 Å². The number of carbonyl (C=O) groups is 2. The van der Waals surface area contributed by atoms with E-state index in [2.05, 4.69) is 14.8 Å². The Labute approximate surface area is 201 Å². The van der Waals surface area contributed by atoms with Gasteiger partial charge in [0.2, 0.25) is 5.91 Å². The number of aryl methyl sites for hydroxylation is 1. The first-order chi connectivity index (χ1) is 16.9. The molecule has 4 aromatic rings. The molecule has 4 rings (SSSR count). The third-order valence-corrected chi connectivity index (χ3v) is 5.54. The van der Waals surface area contributed by atoms with E-state index in [4.69, 9.17) is 11.5 Å². The van der Waals surface area contributed by atoms with Crippen molar-refractivity contribution in [2.45, 2.75) is 26.8 Å². The SMILES string of the molecule is Cc1nn(Cc2cccc(OC(F)(F)F)c2)c(C)c1-c1c(C(N)=O)nc2cccc(F)c2c1C(N)=O. The van der Waals surface area contributed by atoms with Crippen LogP contribution in [0.1, 0.15) is 37.8 Å². The van der Waals surface area contributed by atoms with E-state index in [1.807, 2.05) is 0 Å². The van der Waals surface area contributed by atoms with E-state index in [-0.39, 0.29) is 39.8 Å². The fourth-order valence-corrected chi connectivity index (χ4v) is 4.17. The maximum atomic E-state index is 14.8. The molecule has 2 aromatic heterocycles. The molecule has 0 aliphatic carbocycles. The zero-order valence-electron chi connectivity index (χ0n) is 19.0. The molecule has 0 fully saturated rings. The van der Waals surface area contributed by atoms with Crippen LogP contribution in [0.5, 0.6) is 5.75 Å². The second-order valence-electron chi connectivity index (χ2n) is 7.97. The summed E-state index contributed by atoms with van der Waals surface area (Å²) in [6.07, 6.45) is -4.85. The van der Waals surface area contributed by atoms with Crippen molar-refractivity contribution in [1.29, 1.82) is 0 Å². The third kappa shape index (κ3) is 4.57. The van der Waals surface area contributed by atoms with Gasteiger partial charge in [-0.15, -0.1) is 13.2 Å². The first kappa shape index (κ1) is 24.6. The van der Waals surface area contributed by atoms with Crippen LogP contribution in [0, 0.1) is 19.7 Å². The summed E-state index contributed by atoms with van der Waals surface area (Å²) in [5.74, 6) is -3.14. The van der Waals surface area contributed by atoms with E-state index < -0.39 is 29.7 Å². The highest BCUT2D eigenvalue weighted by Crippen LogP contribution is 2.37. The van der Waals surface area contributed by atoms with Crippen LogP contribution in [-0.2, 0) is 6.54 Å². The normalized spacial score (nSPS) is 11.6. The minimum absolute atomic E-state index is 0.0190. The van der Waals surface area contributed by atoms with Crippen LogP contribution < -0.4 is 16.2 Å². The number of primary amides is 2. The smallest absolute Gasteiger partial charge is 0.406 e. The molecule has 0 aliphatic rings. The van der Waals surface area contributed by atoms with Crippen LogP contribution in [-0.4, -0.2) is 32.9 Å². The van der Waals surface area contributed by atoms with Gasteiger partial charge in [0.1, 0.15) is 17.3 Å². The fraction of sp³-hybridized carbons (Fsp3) is 0.167. The van der Waals surface area contributed by atoms with Gasteiger partial charge in [0.05, 0.1) is 23.3 Å². The lowest BCUT2D eigenvalue weighted by molar-refractivity contribution is -0.274. The second kappa shape index (κ2) is 8.95. The van der Waals surface area contributed by atoms with Crippen molar-refractivity contribution in [2.75, 3.05) is 0 Å². The van der Waals surface area contributed by atoms with Gasteiger partial charge >= 0.3 is 6.36 Å². The number of carbonyl (C=O) groups excluding carboxylic acids is 2. The Bertz CT molecular complexity index is 1530. The molecule has 4 N–H and O–H groups in total. The number of aromatic nitrogens is 3. The van der Waals surface area contributed by atoms with Gasteiger partial charge in [0, 0.05) is 22.2 Å². The van der Waals surface area contributed by atoms with Gasteiger partial charge in [-0.1, -0.05) is 18.2 Å². The van der Waals surface area contributed by atoms with Crippen LogP contribution in [0.2, 0.25) is 0 Å². The number of amides is 2. The molecule has 0 spiro atoms.